The molecule has 34 heavy (non-hydrogen) atoms. The first-order chi connectivity index (χ1) is 16.5. The van der Waals surface area contributed by atoms with Gasteiger partial charge in [0, 0.05) is 0 Å². The molecule has 0 heterocycles. The van der Waals surface area contributed by atoms with E-state index in [0.717, 1.165) is 37.5 Å². The first-order valence-electron chi connectivity index (χ1n) is 13.3. The minimum atomic E-state index is -0.439. The number of carbonyl (C=O) groups is 1. The molecule has 0 aliphatic heterocycles. The lowest BCUT2D eigenvalue weighted by Crippen LogP contribution is -2.25. The molecular formula is C30H38ClFO2. The Morgan fingerprint density at radius 3 is 2.03 bits per heavy atom. The number of halogens is 2. The molecule has 2 nitrogen and oxygen atoms in total. The van der Waals surface area contributed by atoms with Crippen molar-refractivity contribution < 1.29 is 13.9 Å². The third-order valence-corrected chi connectivity index (χ3v) is 8.40. The van der Waals surface area contributed by atoms with Gasteiger partial charge in [-0.1, -0.05) is 68.5 Å². The SMILES string of the molecule is CCCCCC1CCC(c2ccc(C3CCC(C(=O)Oc4ccc(F)cc4Cl)CC3)cc2)CC1. The van der Waals surface area contributed by atoms with Crippen molar-refractivity contribution in [3.05, 3.63) is 64.4 Å². The second-order valence-corrected chi connectivity index (χ2v) is 10.8. The fraction of sp³-hybridized carbons (Fsp3) is 0.567. The van der Waals surface area contributed by atoms with Gasteiger partial charge >= 0.3 is 5.97 Å². The fourth-order valence-electron chi connectivity index (χ4n) is 5.92. The number of esters is 1. The molecule has 184 valence electrons. The zero-order chi connectivity index (χ0) is 23.9. The Bertz CT molecular complexity index is 925. The molecule has 0 aromatic heterocycles. The minimum Gasteiger partial charge on any atom is -0.425 e. The normalized spacial score (nSPS) is 25.1. The summed E-state index contributed by atoms with van der Waals surface area (Å²) in [6, 6.07) is 13.2. The van der Waals surface area contributed by atoms with Gasteiger partial charge < -0.3 is 4.74 Å². The summed E-state index contributed by atoms with van der Waals surface area (Å²) in [6.45, 7) is 2.28. The van der Waals surface area contributed by atoms with E-state index in [0.29, 0.717) is 5.92 Å². The smallest absolute Gasteiger partial charge is 0.314 e. The fourth-order valence-corrected chi connectivity index (χ4v) is 6.13. The Balaban J connectivity index is 1.24. The van der Waals surface area contributed by atoms with Gasteiger partial charge in [-0.3, -0.25) is 4.79 Å². The average molecular weight is 485 g/mol. The van der Waals surface area contributed by atoms with Crippen LogP contribution in [-0.4, -0.2) is 5.97 Å². The van der Waals surface area contributed by atoms with Gasteiger partial charge in [0.05, 0.1) is 10.9 Å². The van der Waals surface area contributed by atoms with Crippen LogP contribution >= 0.6 is 11.6 Å². The van der Waals surface area contributed by atoms with Crippen molar-refractivity contribution in [2.45, 2.75) is 95.8 Å². The van der Waals surface area contributed by atoms with Crippen LogP contribution in [0.2, 0.25) is 5.02 Å². The number of benzene rings is 2. The van der Waals surface area contributed by atoms with Crippen molar-refractivity contribution in [2.24, 2.45) is 11.8 Å². The lowest BCUT2D eigenvalue weighted by atomic mass is 9.76. The highest BCUT2D eigenvalue weighted by Crippen LogP contribution is 2.40. The predicted molar refractivity (Wildman–Crippen MR) is 137 cm³/mol. The predicted octanol–water partition coefficient (Wildman–Crippen LogP) is 9.21. The van der Waals surface area contributed by atoms with Gasteiger partial charge in [0.25, 0.3) is 0 Å². The highest BCUT2D eigenvalue weighted by atomic mass is 35.5. The second-order valence-electron chi connectivity index (χ2n) is 10.4. The van der Waals surface area contributed by atoms with E-state index in [1.54, 1.807) is 0 Å². The van der Waals surface area contributed by atoms with E-state index in [1.807, 2.05) is 0 Å². The average Bonchev–Trinajstić information content (AvgIpc) is 2.86. The third kappa shape index (κ3) is 6.62. The molecule has 2 saturated carbocycles. The Morgan fingerprint density at radius 2 is 1.47 bits per heavy atom. The molecule has 4 heteroatoms. The lowest BCUT2D eigenvalue weighted by molar-refractivity contribution is -0.140. The van der Waals surface area contributed by atoms with E-state index in [1.165, 1.54) is 80.7 Å². The molecule has 2 aromatic carbocycles. The van der Waals surface area contributed by atoms with Gasteiger partial charge in [-0.05, 0) is 98.4 Å². The van der Waals surface area contributed by atoms with Crippen molar-refractivity contribution >= 4 is 17.6 Å². The summed E-state index contributed by atoms with van der Waals surface area (Å²) in [5, 5.41) is 0.132. The van der Waals surface area contributed by atoms with Crippen molar-refractivity contribution in [2.75, 3.05) is 0 Å². The van der Waals surface area contributed by atoms with Crippen LogP contribution in [0.25, 0.3) is 0 Å². The van der Waals surface area contributed by atoms with Gasteiger partial charge in [0.15, 0.2) is 0 Å². The molecular weight excluding hydrogens is 447 g/mol. The van der Waals surface area contributed by atoms with E-state index in [4.69, 9.17) is 16.3 Å². The van der Waals surface area contributed by atoms with E-state index in [9.17, 15) is 9.18 Å². The number of hydrogen-bond acceptors (Lipinski definition) is 2. The number of carbonyl (C=O) groups excluding carboxylic acids is 1. The number of ether oxygens (including phenoxy) is 1. The van der Waals surface area contributed by atoms with Crippen LogP contribution in [0.3, 0.4) is 0 Å². The summed E-state index contributed by atoms with van der Waals surface area (Å²) in [5.74, 6) is 1.59. The molecule has 0 spiro atoms. The molecule has 2 aliphatic carbocycles. The Labute approximate surface area is 209 Å². The standard InChI is InChI=1S/C30H38ClFO2/c1-2-3-4-5-21-6-8-22(9-7-21)23-10-12-24(13-11-23)25-14-16-26(17-15-25)30(33)34-29-19-18-27(32)20-28(29)31/h10-13,18-22,25-26H,2-9,14-17H2,1H3. The van der Waals surface area contributed by atoms with E-state index < -0.39 is 5.82 Å². The zero-order valence-electron chi connectivity index (χ0n) is 20.4. The maximum atomic E-state index is 13.2. The first kappa shape index (κ1) is 25.2. The maximum Gasteiger partial charge on any atom is 0.314 e. The summed E-state index contributed by atoms with van der Waals surface area (Å²) in [4.78, 5) is 12.6. The first-order valence-corrected chi connectivity index (χ1v) is 13.7. The van der Waals surface area contributed by atoms with Gasteiger partial charge in [0.1, 0.15) is 11.6 Å². The lowest BCUT2D eigenvalue weighted by Gasteiger charge is -2.30. The molecule has 0 radical (unpaired) electrons. The largest absolute Gasteiger partial charge is 0.425 e. The topological polar surface area (TPSA) is 26.3 Å². The summed E-state index contributed by atoms with van der Waals surface area (Å²) in [5.41, 5.74) is 2.90. The highest BCUT2D eigenvalue weighted by Gasteiger charge is 2.29. The van der Waals surface area contributed by atoms with Gasteiger partial charge in [-0.15, -0.1) is 0 Å². The molecule has 0 bridgehead atoms. The molecule has 0 N–H and O–H groups in total. The summed E-state index contributed by atoms with van der Waals surface area (Å²) in [7, 11) is 0. The summed E-state index contributed by atoms with van der Waals surface area (Å²) >= 11 is 6.00. The van der Waals surface area contributed by atoms with Crippen LogP contribution in [-0.2, 0) is 4.79 Å². The van der Waals surface area contributed by atoms with E-state index in [-0.39, 0.29) is 22.7 Å². The van der Waals surface area contributed by atoms with Crippen molar-refractivity contribution in [1.82, 2.24) is 0 Å². The Morgan fingerprint density at radius 1 is 0.882 bits per heavy atom. The van der Waals surface area contributed by atoms with Gasteiger partial charge in [0.2, 0.25) is 0 Å². The van der Waals surface area contributed by atoms with Crippen LogP contribution in [0.15, 0.2) is 42.5 Å². The molecule has 0 atom stereocenters. The van der Waals surface area contributed by atoms with Crippen molar-refractivity contribution in [3.63, 3.8) is 0 Å². The van der Waals surface area contributed by atoms with E-state index >= 15 is 0 Å². The molecule has 0 amide bonds. The molecule has 2 fully saturated rings. The molecule has 2 aliphatic rings. The van der Waals surface area contributed by atoms with Gasteiger partial charge in [-0.25, -0.2) is 4.39 Å². The van der Waals surface area contributed by atoms with Crippen molar-refractivity contribution in [1.29, 1.82) is 0 Å². The molecule has 2 aromatic rings. The van der Waals surface area contributed by atoms with Crippen LogP contribution < -0.4 is 4.74 Å². The Hall–Kier alpha value is -1.87. The molecule has 0 saturated heterocycles. The summed E-state index contributed by atoms with van der Waals surface area (Å²) in [6.07, 6.45) is 14.6. The van der Waals surface area contributed by atoms with Gasteiger partial charge in [-0.2, -0.15) is 0 Å². The number of rotatable bonds is 8. The molecule has 0 unspecified atom stereocenters. The second kappa shape index (κ2) is 12.2. The summed E-state index contributed by atoms with van der Waals surface area (Å²) < 4.78 is 18.7. The maximum absolute atomic E-state index is 13.2. The Kier molecular flexibility index (Phi) is 9.05. The minimum absolute atomic E-state index is 0.121. The molecule has 4 rings (SSSR count). The zero-order valence-corrected chi connectivity index (χ0v) is 21.2. The number of unbranched alkanes of at least 4 members (excludes halogenated alkanes) is 2. The van der Waals surface area contributed by atoms with Crippen LogP contribution in [0.5, 0.6) is 5.75 Å². The van der Waals surface area contributed by atoms with Crippen molar-refractivity contribution in [3.8, 4) is 5.75 Å². The monoisotopic (exact) mass is 484 g/mol. The van der Waals surface area contributed by atoms with Crippen LogP contribution in [0, 0.1) is 17.7 Å². The highest BCUT2D eigenvalue weighted by molar-refractivity contribution is 6.32. The number of hydrogen-bond donors (Lipinski definition) is 0. The van der Waals surface area contributed by atoms with E-state index in [2.05, 4.69) is 31.2 Å². The third-order valence-electron chi connectivity index (χ3n) is 8.11. The quantitative estimate of drug-likeness (QED) is 0.212. The van der Waals surface area contributed by atoms with Crippen LogP contribution in [0.1, 0.15) is 107 Å². The van der Waals surface area contributed by atoms with Crippen LogP contribution in [0.4, 0.5) is 4.39 Å².